The Morgan fingerprint density at radius 3 is 2.50 bits per heavy atom. The average Bonchev–Trinajstić information content (AvgIpc) is 2.20. The van der Waals surface area contributed by atoms with E-state index >= 15 is 0 Å². The Labute approximate surface area is 82.6 Å². The summed E-state index contributed by atoms with van der Waals surface area (Å²) in [5.74, 6) is -1.63. The lowest BCUT2D eigenvalue weighted by Crippen LogP contribution is -1.95. The normalized spacial score (nSPS) is 11.6. The van der Waals surface area contributed by atoms with E-state index in [0.29, 0.717) is 16.7 Å². The molecule has 1 rings (SSSR count). The van der Waals surface area contributed by atoms with Gasteiger partial charge in [-0.1, -0.05) is 24.8 Å². The highest BCUT2D eigenvalue weighted by Crippen LogP contribution is 2.25. The zero-order chi connectivity index (χ0) is 10.7. The molecular formula is C12H12F2. The predicted molar refractivity (Wildman–Crippen MR) is 55.8 cm³/mol. The Hall–Kier alpha value is -1.44. The molecule has 0 nitrogen and oxygen atoms in total. The first kappa shape index (κ1) is 10.6. The zero-order valence-electron chi connectivity index (χ0n) is 8.27. The van der Waals surface area contributed by atoms with Gasteiger partial charge < -0.3 is 0 Å². The van der Waals surface area contributed by atoms with Gasteiger partial charge in [-0.3, -0.25) is 0 Å². The van der Waals surface area contributed by atoms with Crippen LogP contribution in [0.5, 0.6) is 0 Å². The third-order valence-corrected chi connectivity index (χ3v) is 2.17. The van der Waals surface area contributed by atoms with Crippen LogP contribution in [-0.2, 0) is 0 Å². The maximum Gasteiger partial charge on any atom is 0.166 e. The minimum atomic E-state index is -0.827. The first-order valence-electron chi connectivity index (χ1n) is 4.35. The summed E-state index contributed by atoms with van der Waals surface area (Å²) in [4.78, 5) is 0. The van der Waals surface area contributed by atoms with Crippen molar-refractivity contribution >= 4 is 11.6 Å². The number of allylic oxidation sites excluding steroid dienone is 2. The van der Waals surface area contributed by atoms with E-state index in [4.69, 9.17) is 0 Å². The quantitative estimate of drug-likeness (QED) is 0.666. The summed E-state index contributed by atoms with van der Waals surface area (Å²) in [6, 6.07) is 2.63. The van der Waals surface area contributed by atoms with Crippen LogP contribution in [0.4, 0.5) is 8.78 Å². The Bertz CT molecular complexity index is 390. The van der Waals surface area contributed by atoms with Crippen LogP contribution in [-0.4, -0.2) is 0 Å². The summed E-state index contributed by atoms with van der Waals surface area (Å²) >= 11 is 0. The van der Waals surface area contributed by atoms with E-state index < -0.39 is 11.6 Å². The van der Waals surface area contributed by atoms with E-state index in [-0.39, 0.29) is 0 Å². The highest BCUT2D eigenvalue weighted by molar-refractivity contribution is 5.73. The molecule has 0 aromatic heterocycles. The van der Waals surface area contributed by atoms with Gasteiger partial charge in [0.05, 0.1) is 0 Å². The van der Waals surface area contributed by atoms with Gasteiger partial charge in [0.2, 0.25) is 0 Å². The monoisotopic (exact) mass is 194 g/mol. The molecule has 1 aromatic carbocycles. The van der Waals surface area contributed by atoms with Crippen LogP contribution in [0.3, 0.4) is 0 Å². The van der Waals surface area contributed by atoms with Gasteiger partial charge in [-0.15, -0.1) is 0 Å². The molecule has 1 aromatic rings. The minimum absolute atomic E-state index is 0.294. The Kier molecular flexibility index (Phi) is 3.18. The summed E-state index contributed by atoms with van der Waals surface area (Å²) in [5, 5.41) is 0. The SMILES string of the molecule is C=Cc1ccc(F)c(F)c1/C(C)=C\C. The van der Waals surface area contributed by atoms with Crippen molar-refractivity contribution in [2.24, 2.45) is 0 Å². The molecule has 0 N–H and O–H groups in total. The van der Waals surface area contributed by atoms with Gasteiger partial charge in [-0.05, 0) is 31.1 Å². The smallest absolute Gasteiger partial charge is 0.166 e. The van der Waals surface area contributed by atoms with Gasteiger partial charge in [-0.25, -0.2) is 8.78 Å². The minimum Gasteiger partial charge on any atom is -0.204 e. The molecule has 0 bridgehead atoms. The van der Waals surface area contributed by atoms with Crippen molar-refractivity contribution in [3.8, 4) is 0 Å². The van der Waals surface area contributed by atoms with E-state index in [1.165, 1.54) is 12.1 Å². The highest BCUT2D eigenvalue weighted by atomic mass is 19.2. The lowest BCUT2D eigenvalue weighted by atomic mass is 10.00. The fourth-order valence-corrected chi connectivity index (χ4v) is 1.28. The zero-order valence-corrected chi connectivity index (χ0v) is 8.27. The molecule has 0 spiro atoms. The number of benzene rings is 1. The van der Waals surface area contributed by atoms with Crippen molar-refractivity contribution in [2.45, 2.75) is 13.8 Å². The lowest BCUT2D eigenvalue weighted by molar-refractivity contribution is 0.506. The highest BCUT2D eigenvalue weighted by Gasteiger charge is 2.12. The Morgan fingerprint density at radius 1 is 1.36 bits per heavy atom. The number of hydrogen-bond donors (Lipinski definition) is 0. The predicted octanol–water partition coefficient (Wildman–Crippen LogP) is 4.03. The molecule has 0 saturated heterocycles. The second-order valence-electron chi connectivity index (χ2n) is 3.00. The summed E-state index contributed by atoms with van der Waals surface area (Å²) in [5.41, 5.74) is 1.61. The molecule has 0 saturated carbocycles. The standard InChI is InChI=1S/C12H12F2/c1-4-8(3)11-9(5-2)6-7-10(13)12(11)14/h4-7H,2H2,1,3H3/b8-4-. The third-order valence-electron chi connectivity index (χ3n) is 2.17. The van der Waals surface area contributed by atoms with Crippen LogP contribution < -0.4 is 0 Å². The molecule has 0 heterocycles. The van der Waals surface area contributed by atoms with Gasteiger partial charge in [0, 0.05) is 5.56 Å². The van der Waals surface area contributed by atoms with E-state index in [2.05, 4.69) is 6.58 Å². The fourth-order valence-electron chi connectivity index (χ4n) is 1.28. The van der Waals surface area contributed by atoms with Crippen LogP contribution in [0.15, 0.2) is 24.8 Å². The fraction of sp³-hybridized carbons (Fsp3) is 0.167. The van der Waals surface area contributed by atoms with Gasteiger partial charge in [-0.2, -0.15) is 0 Å². The van der Waals surface area contributed by atoms with Crippen LogP contribution in [0.25, 0.3) is 11.6 Å². The summed E-state index contributed by atoms with van der Waals surface area (Å²) in [6.45, 7) is 7.09. The number of halogens is 2. The second kappa shape index (κ2) is 4.18. The Morgan fingerprint density at radius 2 is 2.00 bits per heavy atom. The van der Waals surface area contributed by atoms with Crippen LogP contribution in [0.1, 0.15) is 25.0 Å². The number of rotatable bonds is 2. The van der Waals surface area contributed by atoms with Crippen molar-refractivity contribution in [1.82, 2.24) is 0 Å². The maximum absolute atomic E-state index is 13.4. The van der Waals surface area contributed by atoms with Gasteiger partial charge in [0.25, 0.3) is 0 Å². The van der Waals surface area contributed by atoms with Crippen molar-refractivity contribution in [2.75, 3.05) is 0 Å². The molecular weight excluding hydrogens is 182 g/mol. The van der Waals surface area contributed by atoms with Crippen LogP contribution >= 0.6 is 0 Å². The van der Waals surface area contributed by atoms with Crippen molar-refractivity contribution in [3.05, 3.63) is 47.5 Å². The van der Waals surface area contributed by atoms with E-state index in [9.17, 15) is 8.78 Å². The molecule has 0 unspecified atom stereocenters. The molecule has 0 fully saturated rings. The van der Waals surface area contributed by atoms with E-state index in [1.807, 2.05) is 0 Å². The molecule has 0 atom stereocenters. The first-order valence-corrected chi connectivity index (χ1v) is 4.35. The van der Waals surface area contributed by atoms with E-state index in [1.54, 1.807) is 19.9 Å². The molecule has 74 valence electrons. The molecule has 0 aliphatic heterocycles. The molecule has 0 aliphatic carbocycles. The van der Waals surface area contributed by atoms with Crippen molar-refractivity contribution in [3.63, 3.8) is 0 Å². The van der Waals surface area contributed by atoms with E-state index in [0.717, 1.165) is 6.07 Å². The van der Waals surface area contributed by atoms with Gasteiger partial charge >= 0.3 is 0 Å². The third kappa shape index (κ3) is 1.74. The van der Waals surface area contributed by atoms with Crippen LogP contribution in [0, 0.1) is 11.6 Å². The number of hydrogen-bond acceptors (Lipinski definition) is 0. The second-order valence-corrected chi connectivity index (χ2v) is 3.00. The summed E-state index contributed by atoms with van der Waals surface area (Å²) in [6.07, 6.45) is 3.26. The average molecular weight is 194 g/mol. The van der Waals surface area contributed by atoms with Crippen LogP contribution in [0.2, 0.25) is 0 Å². The molecule has 2 heteroatoms. The largest absolute Gasteiger partial charge is 0.204 e. The first-order chi connectivity index (χ1) is 6.61. The molecule has 0 amide bonds. The Balaban J connectivity index is 3.51. The lowest BCUT2D eigenvalue weighted by Gasteiger charge is -2.08. The molecule has 0 aliphatic rings. The summed E-state index contributed by atoms with van der Waals surface area (Å²) < 4.78 is 26.4. The topological polar surface area (TPSA) is 0 Å². The van der Waals surface area contributed by atoms with Crippen molar-refractivity contribution < 1.29 is 8.78 Å². The maximum atomic E-state index is 13.4. The molecule has 14 heavy (non-hydrogen) atoms. The van der Waals surface area contributed by atoms with Crippen molar-refractivity contribution in [1.29, 1.82) is 0 Å². The van der Waals surface area contributed by atoms with Gasteiger partial charge in [0.1, 0.15) is 0 Å². The summed E-state index contributed by atoms with van der Waals surface area (Å²) in [7, 11) is 0. The van der Waals surface area contributed by atoms with Gasteiger partial charge in [0.15, 0.2) is 11.6 Å². The molecule has 0 radical (unpaired) electrons.